The SMILES string of the molecule is COc1ccc(NC2CCCCC2)c(OC)c1. The lowest BCUT2D eigenvalue weighted by atomic mass is 9.95. The first-order valence-corrected chi connectivity index (χ1v) is 6.32. The summed E-state index contributed by atoms with van der Waals surface area (Å²) in [5.74, 6) is 1.69. The van der Waals surface area contributed by atoms with Crippen molar-refractivity contribution in [3.05, 3.63) is 18.2 Å². The van der Waals surface area contributed by atoms with E-state index in [1.807, 2.05) is 18.2 Å². The van der Waals surface area contributed by atoms with Gasteiger partial charge in [-0.15, -0.1) is 0 Å². The van der Waals surface area contributed by atoms with Crippen molar-refractivity contribution in [3.8, 4) is 11.5 Å². The topological polar surface area (TPSA) is 30.5 Å². The van der Waals surface area contributed by atoms with E-state index in [4.69, 9.17) is 9.47 Å². The molecule has 0 radical (unpaired) electrons. The Balaban J connectivity index is 2.08. The van der Waals surface area contributed by atoms with Crippen LogP contribution in [0, 0.1) is 0 Å². The van der Waals surface area contributed by atoms with Crippen molar-refractivity contribution < 1.29 is 9.47 Å². The molecule has 3 heteroatoms. The van der Waals surface area contributed by atoms with Crippen LogP contribution in [0.2, 0.25) is 0 Å². The molecule has 0 atom stereocenters. The van der Waals surface area contributed by atoms with Crippen LogP contribution in [0.1, 0.15) is 32.1 Å². The minimum absolute atomic E-state index is 0.589. The van der Waals surface area contributed by atoms with E-state index < -0.39 is 0 Å². The van der Waals surface area contributed by atoms with Gasteiger partial charge in [-0.25, -0.2) is 0 Å². The summed E-state index contributed by atoms with van der Waals surface area (Å²) >= 11 is 0. The molecule has 1 aromatic rings. The molecule has 0 aromatic heterocycles. The molecule has 1 aliphatic rings. The van der Waals surface area contributed by atoms with Gasteiger partial charge in [-0.05, 0) is 25.0 Å². The summed E-state index contributed by atoms with van der Waals surface area (Å²) in [6, 6.07) is 6.51. The first-order chi connectivity index (χ1) is 8.33. The quantitative estimate of drug-likeness (QED) is 0.867. The fourth-order valence-corrected chi connectivity index (χ4v) is 2.38. The van der Waals surface area contributed by atoms with E-state index in [1.54, 1.807) is 14.2 Å². The molecule has 17 heavy (non-hydrogen) atoms. The van der Waals surface area contributed by atoms with Crippen LogP contribution in [-0.4, -0.2) is 20.3 Å². The summed E-state index contributed by atoms with van der Waals surface area (Å²) in [7, 11) is 3.36. The highest BCUT2D eigenvalue weighted by Gasteiger charge is 2.15. The Morgan fingerprint density at radius 2 is 1.82 bits per heavy atom. The molecular formula is C14H21NO2. The molecule has 1 aromatic carbocycles. The summed E-state index contributed by atoms with van der Waals surface area (Å²) in [4.78, 5) is 0. The molecule has 1 N–H and O–H groups in total. The maximum Gasteiger partial charge on any atom is 0.145 e. The zero-order valence-corrected chi connectivity index (χ0v) is 10.7. The molecule has 0 saturated heterocycles. The average molecular weight is 235 g/mol. The number of nitrogens with one attached hydrogen (secondary N) is 1. The van der Waals surface area contributed by atoms with Gasteiger partial charge in [0.2, 0.25) is 0 Å². The van der Waals surface area contributed by atoms with Crippen molar-refractivity contribution in [1.82, 2.24) is 0 Å². The zero-order chi connectivity index (χ0) is 12.1. The van der Waals surface area contributed by atoms with E-state index in [-0.39, 0.29) is 0 Å². The minimum atomic E-state index is 0.589. The highest BCUT2D eigenvalue weighted by molar-refractivity contribution is 5.59. The van der Waals surface area contributed by atoms with Gasteiger partial charge in [-0.2, -0.15) is 0 Å². The molecule has 0 aliphatic heterocycles. The second kappa shape index (κ2) is 5.80. The molecule has 3 nitrogen and oxygen atoms in total. The van der Waals surface area contributed by atoms with Crippen molar-refractivity contribution in [1.29, 1.82) is 0 Å². The first kappa shape index (κ1) is 12.1. The Bertz CT molecular complexity index is 359. The van der Waals surface area contributed by atoms with Gasteiger partial charge < -0.3 is 14.8 Å². The van der Waals surface area contributed by atoms with Crippen molar-refractivity contribution in [2.45, 2.75) is 38.1 Å². The molecular weight excluding hydrogens is 214 g/mol. The van der Waals surface area contributed by atoms with Gasteiger partial charge in [0.25, 0.3) is 0 Å². The van der Waals surface area contributed by atoms with Crippen LogP contribution in [-0.2, 0) is 0 Å². The normalized spacial score (nSPS) is 16.6. The van der Waals surface area contributed by atoms with Crippen LogP contribution in [0.5, 0.6) is 11.5 Å². The molecule has 0 unspecified atom stereocenters. The van der Waals surface area contributed by atoms with E-state index in [9.17, 15) is 0 Å². The third-order valence-electron chi connectivity index (χ3n) is 3.37. The second-order valence-corrected chi connectivity index (χ2v) is 4.55. The maximum absolute atomic E-state index is 5.39. The van der Waals surface area contributed by atoms with Gasteiger partial charge in [0.15, 0.2) is 0 Å². The first-order valence-electron chi connectivity index (χ1n) is 6.32. The van der Waals surface area contributed by atoms with Crippen LogP contribution in [0.25, 0.3) is 0 Å². The summed E-state index contributed by atoms with van der Waals surface area (Å²) in [6.45, 7) is 0. The molecule has 94 valence electrons. The monoisotopic (exact) mass is 235 g/mol. The van der Waals surface area contributed by atoms with E-state index in [0.717, 1.165) is 17.2 Å². The molecule has 2 rings (SSSR count). The molecule has 0 spiro atoms. The molecule has 0 heterocycles. The fraction of sp³-hybridized carbons (Fsp3) is 0.571. The van der Waals surface area contributed by atoms with E-state index >= 15 is 0 Å². The Kier molecular flexibility index (Phi) is 4.13. The minimum Gasteiger partial charge on any atom is -0.497 e. The number of rotatable bonds is 4. The second-order valence-electron chi connectivity index (χ2n) is 4.55. The van der Waals surface area contributed by atoms with Crippen molar-refractivity contribution >= 4 is 5.69 Å². The van der Waals surface area contributed by atoms with Gasteiger partial charge in [-0.1, -0.05) is 19.3 Å². The number of ether oxygens (including phenoxy) is 2. The number of methoxy groups -OCH3 is 2. The Labute approximate surface area is 103 Å². The number of hydrogen-bond acceptors (Lipinski definition) is 3. The summed E-state index contributed by atoms with van der Waals surface area (Å²) in [6.07, 6.45) is 6.55. The molecule has 1 aliphatic carbocycles. The smallest absolute Gasteiger partial charge is 0.145 e. The van der Waals surface area contributed by atoms with Crippen molar-refractivity contribution in [2.75, 3.05) is 19.5 Å². The largest absolute Gasteiger partial charge is 0.497 e. The van der Waals surface area contributed by atoms with Crippen LogP contribution in [0.15, 0.2) is 18.2 Å². The zero-order valence-electron chi connectivity index (χ0n) is 10.7. The predicted molar refractivity (Wildman–Crippen MR) is 70.0 cm³/mol. The van der Waals surface area contributed by atoms with Gasteiger partial charge in [-0.3, -0.25) is 0 Å². The lowest BCUT2D eigenvalue weighted by Crippen LogP contribution is -2.22. The number of anilines is 1. The van der Waals surface area contributed by atoms with Crippen molar-refractivity contribution in [3.63, 3.8) is 0 Å². The lowest BCUT2D eigenvalue weighted by Gasteiger charge is -2.24. The van der Waals surface area contributed by atoms with Gasteiger partial charge in [0.05, 0.1) is 19.9 Å². The fourth-order valence-electron chi connectivity index (χ4n) is 2.38. The third-order valence-corrected chi connectivity index (χ3v) is 3.37. The molecule has 1 fully saturated rings. The summed E-state index contributed by atoms with van der Waals surface area (Å²) in [5, 5.41) is 3.57. The Morgan fingerprint density at radius 3 is 2.47 bits per heavy atom. The van der Waals surface area contributed by atoms with Crippen LogP contribution < -0.4 is 14.8 Å². The van der Waals surface area contributed by atoms with Crippen LogP contribution in [0.3, 0.4) is 0 Å². The van der Waals surface area contributed by atoms with E-state index in [1.165, 1.54) is 32.1 Å². The van der Waals surface area contributed by atoms with Crippen LogP contribution in [0.4, 0.5) is 5.69 Å². The van der Waals surface area contributed by atoms with Gasteiger partial charge >= 0.3 is 0 Å². The highest BCUT2D eigenvalue weighted by Crippen LogP contribution is 2.31. The Morgan fingerprint density at radius 1 is 1.06 bits per heavy atom. The lowest BCUT2D eigenvalue weighted by molar-refractivity contribution is 0.394. The number of benzene rings is 1. The molecule has 0 amide bonds. The summed E-state index contributed by atoms with van der Waals surface area (Å²) < 4.78 is 10.6. The molecule has 1 saturated carbocycles. The predicted octanol–water partition coefficient (Wildman–Crippen LogP) is 3.45. The Hall–Kier alpha value is -1.38. The van der Waals surface area contributed by atoms with E-state index in [2.05, 4.69) is 5.32 Å². The van der Waals surface area contributed by atoms with Gasteiger partial charge in [0, 0.05) is 12.1 Å². The maximum atomic E-state index is 5.39. The van der Waals surface area contributed by atoms with Gasteiger partial charge in [0.1, 0.15) is 11.5 Å². The third kappa shape index (κ3) is 3.05. The van der Waals surface area contributed by atoms with E-state index in [0.29, 0.717) is 6.04 Å². The number of hydrogen-bond donors (Lipinski definition) is 1. The molecule has 0 bridgehead atoms. The van der Waals surface area contributed by atoms with Crippen molar-refractivity contribution in [2.24, 2.45) is 0 Å². The summed E-state index contributed by atoms with van der Waals surface area (Å²) in [5.41, 5.74) is 1.07. The van der Waals surface area contributed by atoms with Crippen LogP contribution >= 0.6 is 0 Å². The average Bonchev–Trinajstić information content (AvgIpc) is 2.40. The standard InChI is InChI=1S/C14H21NO2/c1-16-12-8-9-13(14(10-12)17-2)15-11-6-4-3-5-7-11/h8-11,15H,3-7H2,1-2H3. The highest BCUT2D eigenvalue weighted by atomic mass is 16.5.